The molecule has 0 aliphatic heterocycles. The molecule has 100 valence electrons. The second kappa shape index (κ2) is 5.97. The van der Waals surface area contributed by atoms with E-state index in [-0.39, 0.29) is 10.0 Å². The number of carbonyl (C=O) groups is 1. The molecule has 6 heteroatoms. The van der Waals surface area contributed by atoms with E-state index in [0.29, 0.717) is 13.1 Å². The van der Waals surface area contributed by atoms with Gasteiger partial charge in [-0.2, -0.15) is 0 Å². The van der Waals surface area contributed by atoms with Crippen LogP contribution in [0.25, 0.3) is 0 Å². The van der Waals surface area contributed by atoms with Gasteiger partial charge in [0.1, 0.15) is 0 Å². The standard InChI is InChI=1S/C13H11BrF2N2O/c14-10-8-12(16)11(15)7-9(10)13(19)17-3-6-18-4-1-2-5-18/h1-2,4-5,7-8H,3,6H2,(H,17,19). The first-order chi connectivity index (χ1) is 9.08. The fraction of sp³-hybridized carbons (Fsp3) is 0.154. The van der Waals surface area contributed by atoms with Crippen LogP contribution in [-0.4, -0.2) is 17.0 Å². The molecule has 2 rings (SSSR count). The molecule has 0 radical (unpaired) electrons. The molecule has 1 aromatic heterocycles. The molecule has 1 N–H and O–H groups in total. The zero-order valence-corrected chi connectivity index (χ0v) is 11.5. The third-order valence-corrected chi connectivity index (χ3v) is 3.23. The van der Waals surface area contributed by atoms with Gasteiger partial charge in [0.2, 0.25) is 0 Å². The number of hydrogen-bond donors (Lipinski definition) is 1. The highest BCUT2D eigenvalue weighted by Gasteiger charge is 2.14. The van der Waals surface area contributed by atoms with Crippen molar-refractivity contribution in [2.45, 2.75) is 6.54 Å². The summed E-state index contributed by atoms with van der Waals surface area (Å²) in [5, 5.41) is 2.65. The highest BCUT2D eigenvalue weighted by molar-refractivity contribution is 9.10. The molecule has 0 aliphatic carbocycles. The van der Waals surface area contributed by atoms with Crippen molar-refractivity contribution in [1.29, 1.82) is 0 Å². The van der Waals surface area contributed by atoms with E-state index in [4.69, 9.17) is 0 Å². The van der Waals surface area contributed by atoms with Crippen molar-refractivity contribution in [2.24, 2.45) is 0 Å². The Morgan fingerprint density at radius 1 is 1.21 bits per heavy atom. The predicted octanol–water partition coefficient (Wildman–Crippen LogP) is 2.96. The van der Waals surface area contributed by atoms with E-state index in [1.165, 1.54) is 0 Å². The summed E-state index contributed by atoms with van der Waals surface area (Å²) >= 11 is 3.04. The molecule has 0 bridgehead atoms. The van der Waals surface area contributed by atoms with Crippen molar-refractivity contribution in [2.75, 3.05) is 6.54 Å². The smallest absolute Gasteiger partial charge is 0.252 e. The molecule has 19 heavy (non-hydrogen) atoms. The Morgan fingerprint density at radius 3 is 2.53 bits per heavy atom. The maximum atomic E-state index is 13.1. The van der Waals surface area contributed by atoms with Crippen molar-refractivity contribution >= 4 is 21.8 Å². The fourth-order valence-electron chi connectivity index (χ4n) is 1.61. The second-order valence-electron chi connectivity index (χ2n) is 3.92. The van der Waals surface area contributed by atoms with Crippen LogP contribution in [0.1, 0.15) is 10.4 Å². The molecule has 0 aliphatic rings. The van der Waals surface area contributed by atoms with Crippen molar-refractivity contribution in [3.8, 4) is 0 Å². The Kier molecular flexibility index (Phi) is 4.31. The molecule has 0 fully saturated rings. The monoisotopic (exact) mass is 328 g/mol. The van der Waals surface area contributed by atoms with Gasteiger partial charge >= 0.3 is 0 Å². The first-order valence-electron chi connectivity index (χ1n) is 5.61. The first kappa shape index (κ1) is 13.7. The molecule has 1 amide bonds. The number of hydrogen-bond acceptors (Lipinski definition) is 1. The molecular formula is C13H11BrF2N2O. The van der Waals surface area contributed by atoms with Gasteiger partial charge in [0.25, 0.3) is 5.91 Å². The SMILES string of the molecule is O=C(NCCn1cccc1)c1cc(F)c(F)cc1Br. The minimum Gasteiger partial charge on any atom is -0.353 e. The maximum absolute atomic E-state index is 13.1. The van der Waals surface area contributed by atoms with Crippen LogP contribution in [0.5, 0.6) is 0 Å². The Hall–Kier alpha value is -1.69. The lowest BCUT2D eigenvalue weighted by Crippen LogP contribution is -2.27. The lowest BCUT2D eigenvalue weighted by atomic mass is 10.2. The van der Waals surface area contributed by atoms with E-state index < -0.39 is 17.5 Å². The number of nitrogens with zero attached hydrogens (tertiary/aromatic N) is 1. The number of rotatable bonds is 4. The van der Waals surface area contributed by atoms with E-state index in [9.17, 15) is 13.6 Å². The summed E-state index contributed by atoms with van der Waals surface area (Å²) < 4.78 is 28.1. The number of nitrogens with one attached hydrogen (secondary N) is 1. The van der Waals surface area contributed by atoms with Crippen LogP contribution >= 0.6 is 15.9 Å². The van der Waals surface area contributed by atoms with E-state index in [0.717, 1.165) is 12.1 Å². The number of benzene rings is 1. The summed E-state index contributed by atoms with van der Waals surface area (Å²) in [4.78, 5) is 11.8. The van der Waals surface area contributed by atoms with Crippen LogP contribution in [-0.2, 0) is 6.54 Å². The Balaban J connectivity index is 1.98. The van der Waals surface area contributed by atoms with Gasteiger partial charge in [-0.25, -0.2) is 8.78 Å². The summed E-state index contributed by atoms with van der Waals surface area (Å²) in [6, 6.07) is 5.59. The Bertz CT molecular complexity index is 585. The highest BCUT2D eigenvalue weighted by atomic mass is 79.9. The minimum atomic E-state index is -1.04. The molecule has 1 heterocycles. The lowest BCUT2D eigenvalue weighted by Gasteiger charge is -2.08. The molecule has 0 atom stereocenters. The zero-order valence-electron chi connectivity index (χ0n) is 9.87. The van der Waals surface area contributed by atoms with Crippen molar-refractivity contribution in [3.63, 3.8) is 0 Å². The van der Waals surface area contributed by atoms with Gasteiger partial charge in [0, 0.05) is 30.0 Å². The third-order valence-electron chi connectivity index (χ3n) is 2.58. The summed E-state index contributed by atoms with van der Waals surface area (Å²) in [6.45, 7) is 1.01. The summed E-state index contributed by atoms with van der Waals surface area (Å²) in [7, 11) is 0. The van der Waals surface area contributed by atoms with Gasteiger partial charge in [-0.1, -0.05) is 0 Å². The van der Waals surface area contributed by atoms with Gasteiger partial charge in [-0.05, 0) is 40.2 Å². The van der Waals surface area contributed by atoms with Crippen LogP contribution in [0.2, 0.25) is 0 Å². The quantitative estimate of drug-likeness (QED) is 0.860. The number of carbonyl (C=O) groups excluding carboxylic acids is 1. The molecule has 2 aromatic rings. The summed E-state index contributed by atoms with van der Waals surface area (Å²) in [5.41, 5.74) is 0.0754. The highest BCUT2D eigenvalue weighted by Crippen LogP contribution is 2.20. The normalized spacial score (nSPS) is 10.5. The van der Waals surface area contributed by atoms with Gasteiger partial charge in [-0.3, -0.25) is 4.79 Å². The van der Waals surface area contributed by atoms with E-state index in [1.54, 1.807) is 0 Å². The van der Waals surface area contributed by atoms with Crippen LogP contribution < -0.4 is 5.32 Å². The predicted molar refractivity (Wildman–Crippen MR) is 70.8 cm³/mol. The average molecular weight is 329 g/mol. The molecular weight excluding hydrogens is 318 g/mol. The largest absolute Gasteiger partial charge is 0.353 e. The Morgan fingerprint density at radius 2 is 1.84 bits per heavy atom. The van der Waals surface area contributed by atoms with Crippen molar-refractivity contribution in [1.82, 2.24) is 9.88 Å². The maximum Gasteiger partial charge on any atom is 0.252 e. The van der Waals surface area contributed by atoms with Gasteiger partial charge in [0.15, 0.2) is 11.6 Å². The summed E-state index contributed by atoms with van der Waals surface area (Å²) in [6.07, 6.45) is 3.75. The Labute approximate surface area is 117 Å². The van der Waals surface area contributed by atoms with E-state index in [2.05, 4.69) is 21.2 Å². The van der Waals surface area contributed by atoms with Gasteiger partial charge in [-0.15, -0.1) is 0 Å². The van der Waals surface area contributed by atoms with Crippen LogP contribution in [0.4, 0.5) is 8.78 Å². The third kappa shape index (κ3) is 3.41. The van der Waals surface area contributed by atoms with Crippen LogP contribution in [0.3, 0.4) is 0 Å². The van der Waals surface area contributed by atoms with E-state index in [1.807, 2.05) is 29.1 Å². The number of halogens is 3. The number of amides is 1. The topological polar surface area (TPSA) is 34.0 Å². The van der Waals surface area contributed by atoms with Crippen molar-refractivity contribution in [3.05, 3.63) is 58.3 Å². The summed E-state index contributed by atoms with van der Waals surface area (Å²) in [5.74, 6) is -2.48. The molecule has 0 spiro atoms. The fourth-order valence-corrected chi connectivity index (χ4v) is 2.11. The van der Waals surface area contributed by atoms with E-state index >= 15 is 0 Å². The molecule has 3 nitrogen and oxygen atoms in total. The minimum absolute atomic E-state index is 0.0754. The van der Waals surface area contributed by atoms with Crippen molar-refractivity contribution < 1.29 is 13.6 Å². The molecule has 0 saturated carbocycles. The van der Waals surface area contributed by atoms with Crippen LogP contribution in [0.15, 0.2) is 41.1 Å². The first-order valence-corrected chi connectivity index (χ1v) is 6.40. The zero-order chi connectivity index (χ0) is 13.8. The van der Waals surface area contributed by atoms with Gasteiger partial charge in [0.05, 0.1) is 5.56 Å². The van der Waals surface area contributed by atoms with Crippen LogP contribution in [0, 0.1) is 11.6 Å². The molecule has 1 aromatic carbocycles. The average Bonchev–Trinajstić information content (AvgIpc) is 2.86. The molecule has 0 unspecified atom stereocenters. The molecule has 0 saturated heterocycles. The second-order valence-corrected chi connectivity index (χ2v) is 4.78. The number of aromatic nitrogens is 1. The van der Waals surface area contributed by atoms with Gasteiger partial charge < -0.3 is 9.88 Å². The lowest BCUT2D eigenvalue weighted by molar-refractivity contribution is 0.0951.